The van der Waals surface area contributed by atoms with Crippen molar-refractivity contribution in [3.8, 4) is 0 Å². The van der Waals surface area contributed by atoms with Crippen LogP contribution in [0, 0.1) is 0 Å². The molecule has 0 amide bonds. The first kappa shape index (κ1) is 16.7. The molecular formula is C15H28N4O. The Bertz CT molecular complexity index is 417. The van der Waals surface area contributed by atoms with Crippen molar-refractivity contribution in [2.75, 3.05) is 11.9 Å². The number of nitrogens with zero attached hydrogens (tertiary/aromatic N) is 2. The third-order valence-corrected chi connectivity index (χ3v) is 3.44. The van der Waals surface area contributed by atoms with Crippen molar-refractivity contribution in [3.05, 3.63) is 16.0 Å². The molecule has 1 aromatic heterocycles. The summed E-state index contributed by atoms with van der Waals surface area (Å²) < 4.78 is 0. The molecule has 114 valence electrons. The van der Waals surface area contributed by atoms with Gasteiger partial charge in [-0.1, -0.05) is 57.6 Å². The highest BCUT2D eigenvalue weighted by molar-refractivity contribution is 5.44. The van der Waals surface area contributed by atoms with E-state index in [1.165, 1.54) is 32.1 Å². The fourth-order valence-corrected chi connectivity index (χ4v) is 2.19. The van der Waals surface area contributed by atoms with Crippen molar-refractivity contribution in [3.63, 3.8) is 0 Å². The minimum absolute atomic E-state index is 0.155. The highest BCUT2D eigenvalue weighted by Gasteiger charge is 2.08. The van der Waals surface area contributed by atoms with Crippen molar-refractivity contribution in [1.29, 1.82) is 0 Å². The number of anilines is 1. The summed E-state index contributed by atoms with van der Waals surface area (Å²) in [7, 11) is 0. The van der Waals surface area contributed by atoms with E-state index < -0.39 is 0 Å². The molecule has 1 heterocycles. The Morgan fingerprint density at radius 1 is 1.00 bits per heavy atom. The first-order valence-corrected chi connectivity index (χ1v) is 7.97. The number of rotatable bonds is 11. The van der Waals surface area contributed by atoms with E-state index in [1.807, 2.05) is 0 Å². The maximum atomic E-state index is 11.8. The molecule has 0 saturated carbocycles. The van der Waals surface area contributed by atoms with Crippen molar-refractivity contribution in [2.45, 2.75) is 71.6 Å². The number of unbranched alkanes of at least 4 members (excludes halogenated alkanes) is 6. The third kappa shape index (κ3) is 6.17. The summed E-state index contributed by atoms with van der Waals surface area (Å²) >= 11 is 0. The van der Waals surface area contributed by atoms with Gasteiger partial charge in [-0.25, -0.2) is 5.10 Å². The van der Waals surface area contributed by atoms with Gasteiger partial charge in [-0.05, 0) is 19.3 Å². The first-order valence-electron chi connectivity index (χ1n) is 7.97. The minimum atomic E-state index is -0.155. The van der Waals surface area contributed by atoms with Gasteiger partial charge in [0.15, 0.2) is 0 Å². The largest absolute Gasteiger partial charge is 0.379 e. The molecule has 0 aliphatic heterocycles. The van der Waals surface area contributed by atoms with Gasteiger partial charge < -0.3 is 5.32 Å². The van der Waals surface area contributed by atoms with Crippen LogP contribution in [0.2, 0.25) is 0 Å². The molecule has 0 unspecified atom stereocenters. The second kappa shape index (κ2) is 10.4. The summed E-state index contributed by atoms with van der Waals surface area (Å²) in [6.45, 7) is 5.17. The molecule has 2 N–H and O–H groups in total. The predicted octanol–water partition coefficient (Wildman–Crippen LogP) is 3.28. The van der Waals surface area contributed by atoms with Crippen LogP contribution in [0.4, 0.5) is 5.69 Å². The van der Waals surface area contributed by atoms with E-state index in [-0.39, 0.29) is 5.56 Å². The molecule has 0 aliphatic carbocycles. The van der Waals surface area contributed by atoms with Crippen LogP contribution in [0.5, 0.6) is 0 Å². The third-order valence-electron chi connectivity index (χ3n) is 3.44. The molecule has 0 spiro atoms. The van der Waals surface area contributed by atoms with Gasteiger partial charge in [0.1, 0.15) is 5.69 Å². The van der Waals surface area contributed by atoms with E-state index >= 15 is 0 Å². The van der Waals surface area contributed by atoms with E-state index in [9.17, 15) is 4.79 Å². The lowest BCUT2D eigenvalue weighted by atomic mass is 10.1. The number of hydrogen-bond donors (Lipinski definition) is 2. The van der Waals surface area contributed by atoms with E-state index in [0.29, 0.717) is 5.69 Å². The Balaban J connectivity index is 2.43. The van der Waals surface area contributed by atoms with Crippen LogP contribution >= 0.6 is 0 Å². The maximum Gasteiger partial charge on any atom is 0.290 e. The van der Waals surface area contributed by atoms with Gasteiger partial charge in [-0.3, -0.25) is 4.79 Å². The van der Waals surface area contributed by atoms with E-state index in [4.69, 9.17) is 0 Å². The predicted molar refractivity (Wildman–Crippen MR) is 83.1 cm³/mol. The van der Waals surface area contributed by atoms with Crippen LogP contribution in [-0.2, 0) is 6.42 Å². The normalized spacial score (nSPS) is 10.7. The average molecular weight is 280 g/mol. The van der Waals surface area contributed by atoms with Gasteiger partial charge >= 0.3 is 0 Å². The molecule has 1 aromatic rings. The number of nitrogens with one attached hydrogen (secondary N) is 2. The SMILES string of the molecule is CCCCCCCCc1nn[nH]c(=O)c1NCCCC. The Labute approximate surface area is 121 Å². The summed E-state index contributed by atoms with van der Waals surface area (Å²) in [5.41, 5.74) is 1.26. The van der Waals surface area contributed by atoms with E-state index in [2.05, 4.69) is 34.6 Å². The molecule has 5 heteroatoms. The van der Waals surface area contributed by atoms with Gasteiger partial charge in [0.25, 0.3) is 5.56 Å². The van der Waals surface area contributed by atoms with Crippen molar-refractivity contribution in [2.24, 2.45) is 0 Å². The van der Waals surface area contributed by atoms with Crippen LogP contribution in [0.3, 0.4) is 0 Å². The second-order valence-corrected chi connectivity index (χ2v) is 5.26. The molecular weight excluding hydrogens is 252 g/mol. The van der Waals surface area contributed by atoms with Crippen molar-refractivity contribution in [1.82, 2.24) is 15.4 Å². The van der Waals surface area contributed by atoms with Crippen LogP contribution < -0.4 is 10.9 Å². The molecule has 0 aromatic carbocycles. The van der Waals surface area contributed by atoms with Crippen LogP contribution in [0.15, 0.2) is 4.79 Å². The highest BCUT2D eigenvalue weighted by atomic mass is 16.1. The molecule has 0 fully saturated rings. The first-order chi connectivity index (χ1) is 9.79. The number of H-pyrrole nitrogens is 1. The smallest absolute Gasteiger partial charge is 0.290 e. The summed E-state index contributed by atoms with van der Waals surface area (Å²) in [6, 6.07) is 0. The quantitative estimate of drug-likeness (QED) is 0.610. The van der Waals surface area contributed by atoms with Gasteiger partial charge in [0.2, 0.25) is 0 Å². The molecule has 1 rings (SSSR count). The summed E-state index contributed by atoms with van der Waals surface area (Å²) in [5, 5.41) is 13.4. The fourth-order valence-electron chi connectivity index (χ4n) is 2.19. The van der Waals surface area contributed by atoms with Gasteiger partial charge in [0, 0.05) is 6.54 Å². The summed E-state index contributed by atoms with van der Waals surface area (Å²) in [5.74, 6) is 0. The molecule has 0 aliphatic rings. The highest BCUT2D eigenvalue weighted by Crippen LogP contribution is 2.12. The van der Waals surface area contributed by atoms with Crippen molar-refractivity contribution < 1.29 is 0 Å². The minimum Gasteiger partial charge on any atom is -0.379 e. The van der Waals surface area contributed by atoms with E-state index in [0.717, 1.165) is 37.9 Å². The Morgan fingerprint density at radius 3 is 2.45 bits per heavy atom. The molecule has 0 saturated heterocycles. The molecule has 0 atom stereocenters. The Kier molecular flexibility index (Phi) is 8.67. The Morgan fingerprint density at radius 2 is 1.70 bits per heavy atom. The van der Waals surface area contributed by atoms with E-state index in [1.54, 1.807) is 0 Å². The zero-order chi connectivity index (χ0) is 14.6. The molecule has 20 heavy (non-hydrogen) atoms. The molecule has 0 bridgehead atoms. The topological polar surface area (TPSA) is 70.7 Å². The number of aromatic amines is 1. The monoisotopic (exact) mass is 280 g/mol. The Hall–Kier alpha value is -1.39. The van der Waals surface area contributed by atoms with Gasteiger partial charge in [-0.15, -0.1) is 5.10 Å². The lowest BCUT2D eigenvalue weighted by Gasteiger charge is -2.08. The second-order valence-electron chi connectivity index (χ2n) is 5.26. The van der Waals surface area contributed by atoms with Gasteiger partial charge in [-0.2, -0.15) is 0 Å². The fraction of sp³-hybridized carbons (Fsp3) is 0.800. The zero-order valence-corrected chi connectivity index (χ0v) is 12.9. The van der Waals surface area contributed by atoms with Crippen molar-refractivity contribution >= 4 is 5.69 Å². The standard InChI is InChI=1S/C15H28N4O/c1-3-5-7-8-9-10-11-13-14(16-12-6-4-2)15(20)18-19-17-13/h3-12H2,1-2H3,(H,16,19)(H,17,18,20). The van der Waals surface area contributed by atoms with Crippen LogP contribution in [0.1, 0.15) is 70.9 Å². The summed E-state index contributed by atoms with van der Waals surface area (Å²) in [6.07, 6.45) is 10.4. The van der Waals surface area contributed by atoms with Gasteiger partial charge in [0.05, 0.1) is 5.69 Å². The van der Waals surface area contributed by atoms with Crippen LogP contribution in [-0.4, -0.2) is 22.0 Å². The summed E-state index contributed by atoms with van der Waals surface area (Å²) in [4.78, 5) is 11.8. The zero-order valence-electron chi connectivity index (χ0n) is 12.9. The maximum absolute atomic E-state index is 11.8. The average Bonchev–Trinajstić information content (AvgIpc) is 2.45. The number of hydrogen-bond acceptors (Lipinski definition) is 4. The molecule has 5 nitrogen and oxygen atoms in total. The van der Waals surface area contributed by atoms with Crippen LogP contribution in [0.25, 0.3) is 0 Å². The number of aryl methyl sites for hydroxylation is 1. The molecule has 0 radical (unpaired) electrons. The lowest BCUT2D eigenvalue weighted by Crippen LogP contribution is -2.20. The number of aromatic nitrogens is 3. The lowest BCUT2D eigenvalue weighted by molar-refractivity contribution is 0.601.